The first-order valence-electron chi connectivity index (χ1n) is 6.23. The maximum atomic E-state index is 12.1. The molecule has 0 bridgehead atoms. The van der Waals surface area contributed by atoms with Gasteiger partial charge in [0, 0.05) is 19.1 Å². The molecule has 0 amide bonds. The molecule has 1 N–H and O–H groups in total. The molecule has 110 valence electrons. The second-order valence-electron chi connectivity index (χ2n) is 4.66. The molecule has 0 fully saturated rings. The van der Waals surface area contributed by atoms with Crippen molar-refractivity contribution in [2.45, 2.75) is 37.4 Å². The largest absolute Gasteiger partial charge is 0.302 e. The number of sulfonamides is 1. The third-order valence-electron chi connectivity index (χ3n) is 3.20. The van der Waals surface area contributed by atoms with Gasteiger partial charge in [-0.15, -0.1) is 11.3 Å². The Labute approximate surface area is 128 Å². The average Bonchev–Trinajstić information content (AvgIpc) is 2.69. The van der Waals surface area contributed by atoms with Crippen LogP contribution in [0.4, 0.5) is 0 Å². The summed E-state index contributed by atoms with van der Waals surface area (Å²) in [6.07, 6.45) is 1.06. The van der Waals surface area contributed by atoms with E-state index in [0.717, 1.165) is 15.8 Å². The number of hydrogen-bond donors (Lipinski definition) is 1. The molecule has 0 aliphatic carbocycles. The molecular weight excluding hydrogens is 348 g/mol. The minimum absolute atomic E-state index is 0.364. The fourth-order valence-electron chi connectivity index (χ4n) is 1.52. The molecule has 19 heavy (non-hydrogen) atoms. The van der Waals surface area contributed by atoms with E-state index < -0.39 is 10.0 Å². The van der Waals surface area contributed by atoms with Gasteiger partial charge in [-0.3, -0.25) is 0 Å². The predicted molar refractivity (Wildman–Crippen MR) is 84.3 cm³/mol. The number of likely N-dealkylation sites (N-methyl/N-ethyl adjacent to an activating group) is 1. The maximum Gasteiger partial charge on any atom is 0.250 e. The highest BCUT2D eigenvalue weighted by molar-refractivity contribution is 9.11. The topological polar surface area (TPSA) is 49.4 Å². The Kier molecular flexibility index (Phi) is 6.46. The highest BCUT2D eigenvalue weighted by atomic mass is 79.9. The summed E-state index contributed by atoms with van der Waals surface area (Å²) >= 11 is 4.59. The summed E-state index contributed by atoms with van der Waals surface area (Å²) in [5.74, 6) is 0. The van der Waals surface area contributed by atoms with Crippen LogP contribution in [0.25, 0.3) is 0 Å². The van der Waals surface area contributed by atoms with E-state index in [-0.39, 0.29) is 0 Å². The Balaban J connectivity index is 2.57. The highest BCUT2D eigenvalue weighted by Gasteiger charge is 2.18. The summed E-state index contributed by atoms with van der Waals surface area (Å²) in [6, 6.07) is 2.15. The molecule has 0 radical (unpaired) electrons. The van der Waals surface area contributed by atoms with Crippen molar-refractivity contribution in [1.29, 1.82) is 0 Å². The van der Waals surface area contributed by atoms with Gasteiger partial charge in [0.2, 0.25) is 10.0 Å². The molecule has 1 aromatic rings. The van der Waals surface area contributed by atoms with Crippen LogP contribution in [0.3, 0.4) is 0 Å². The summed E-state index contributed by atoms with van der Waals surface area (Å²) in [7, 11) is -1.37. The average molecular weight is 369 g/mol. The number of rotatable bonds is 7. The molecule has 7 heteroatoms. The Morgan fingerprint density at radius 2 is 2.16 bits per heavy atom. The molecule has 1 atom stereocenters. The molecule has 1 rings (SSSR count). The second-order valence-corrected chi connectivity index (χ2v) is 9.02. The first-order valence-corrected chi connectivity index (χ1v) is 9.33. The van der Waals surface area contributed by atoms with Gasteiger partial charge in [0.1, 0.15) is 4.21 Å². The molecule has 0 saturated carbocycles. The van der Waals surface area contributed by atoms with Gasteiger partial charge < -0.3 is 4.90 Å². The van der Waals surface area contributed by atoms with E-state index in [2.05, 4.69) is 39.4 Å². The first kappa shape index (κ1) is 17.1. The van der Waals surface area contributed by atoms with Gasteiger partial charge in [-0.2, -0.15) is 0 Å². The number of halogens is 1. The van der Waals surface area contributed by atoms with Crippen molar-refractivity contribution >= 4 is 37.3 Å². The predicted octanol–water partition coefficient (Wildman–Crippen LogP) is 2.83. The molecule has 0 aliphatic rings. The first-order chi connectivity index (χ1) is 8.77. The van der Waals surface area contributed by atoms with Crippen molar-refractivity contribution in [3.05, 3.63) is 15.4 Å². The van der Waals surface area contributed by atoms with Crippen molar-refractivity contribution < 1.29 is 8.42 Å². The van der Waals surface area contributed by atoms with Crippen molar-refractivity contribution in [2.75, 3.05) is 20.1 Å². The molecule has 0 aliphatic heterocycles. The van der Waals surface area contributed by atoms with E-state index in [9.17, 15) is 8.42 Å². The number of aryl methyl sites for hydroxylation is 1. The van der Waals surface area contributed by atoms with Crippen molar-refractivity contribution in [3.63, 3.8) is 0 Å². The zero-order valence-electron chi connectivity index (χ0n) is 11.7. The van der Waals surface area contributed by atoms with E-state index in [4.69, 9.17) is 0 Å². The van der Waals surface area contributed by atoms with E-state index in [1.165, 1.54) is 11.3 Å². The Morgan fingerprint density at radius 1 is 1.53 bits per heavy atom. The summed E-state index contributed by atoms with van der Waals surface area (Å²) in [5, 5.41) is 0. The minimum atomic E-state index is -3.38. The number of nitrogens with one attached hydrogen (secondary N) is 1. The van der Waals surface area contributed by atoms with Crippen molar-refractivity contribution in [3.8, 4) is 0 Å². The Morgan fingerprint density at radius 3 is 2.63 bits per heavy atom. The quantitative estimate of drug-likeness (QED) is 0.804. The molecule has 0 saturated heterocycles. The van der Waals surface area contributed by atoms with Crippen LogP contribution in [-0.2, 0) is 10.0 Å². The van der Waals surface area contributed by atoms with E-state index in [0.29, 0.717) is 23.3 Å². The van der Waals surface area contributed by atoms with Crippen LogP contribution in [0.15, 0.2) is 14.1 Å². The lowest BCUT2D eigenvalue weighted by Gasteiger charge is -2.23. The fraction of sp³-hybridized carbons (Fsp3) is 0.667. The van der Waals surface area contributed by atoms with Crippen LogP contribution in [0.5, 0.6) is 0 Å². The summed E-state index contributed by atoms with van der Waals surface area (Å²) in [6.45, 7) is 7.28. The van der Waals surface area contributed by atoms with E-state index in [1.807, 2.05) is 14.0 Å². The lowest BCUT2D eigenvalue weighted by atomic mass is 10.2. The summed E-state index contributed by atoms with van der Waals surface area (Å²) < 4.78 is 28.0. The van der Waals surface area contributed by atoms with Crippen molar-refractivity contribution in [2.24, 2.45) is 0 Å². The maximum absolute atomic E-state index is 12.1. The monoisotopic (exact) mass is 368 g/mol. The van der Waals surface area contributed by atoms with Gasteiger partial charge >= 0.3 is 0 Å². The van der Waals surface area contributed by atoms with Gasteiger partial charge in [-0.1, -0.05) is 6.92 Å². The van der Waals surface area contributed by atoms with Crippen LogP contribution in [0.1, 0.15) is 25.8 Å². The van der Waals surface area contributed by atoms with Crippen LogP contribution in [0, 0.1) is 6.92 Å². The molecule has 1 heterocycles. The molecule has 0 spiro atoms. The Bertz CT molecular complexity index is 494. The van der Waals surface area contributed by atoms with Crippen LogP contribution in [-0.4, -0.2) is 39.5 Å². The standard InChI is InChI=1S/C12H21BrN2O2S2/c1-5-10(3)15(4)7-6-14-19(16,17)11-8-9(2)12(13)18-11/h8,10,14H,5-7H2,1-4H3. The zero-order chi connectivity index (χ0) is 14.6. The number of nitrogens with zero attached hydrogens (tertiary/aromatic N) is 1. The summed E-state index contributed by atoms with van der Waals surface area (Å²) in [5.41, 5.74) is 0.946. The molecule has 4 nitrogen and oxygen atoms in total. The van der Waals surface area contributed by atoms with Gasteiger partial charge in [-0.05, 0) is 54.9 Å². The molecule has 1 aromatic heterocycles. The lowest BCUT2D eigenvalue weighted by molar-refractivity contribution is 0.256. The van der Waals surface area contributed by atoms with Crippen molar-refractivity contribution in [1.82, 2.24) is 9.62 Å². The van der Waals surface area contributed by atoms with Crippen LogP contribution in [0.2, 0.25) is 0 Å². The van der Waals surface area contributed by atoms with Gasteiger partial charge in [0.15, 0.2) is 0 Å². The minimum Gasteiger partial charge on any atom is -0.302 e. The van der Waals surface area contributed by atoms with Gasteiger partial charge in [-0.25, -0.2) is 13.1 Å². The van der Waals surface area contributed by atoms with Gasteiger partial charge in [0.05, 0.1) is 3.79 Å². The number of thiophene rings is 1. The Hall–Kier alpha value is 0.0500. The lowest BCUT2D eigenvalue weighted by Crippen LogP contribution is -2.36. The zero-order valence-corrected chi connectivity index (χ0v) is 15.0. The smallest absolute Gasteiger partial charge is 0.250 e. The molecule has 1 unspecified atom stereocenters. The molecular formula is C12H21BrN2O2S2. The summed E-state index contributed by atoms with van der Waals surface area (Å²) in [4.78, 5) is 2.15. The van der Waals surface area contributed by atoms with Gasteiger partial charge in [0.25, 0.3) is 0 Å². The third-order valence-corrected chi connectivity index (χ3v) is 7.27. The normalized spacial score (nSPS) is 14.0. The number of hydrogen-bond acceptors (Lipinski definition) is 4. The van der Waals surface area contributed by atoms with Crippen LogP contribution >= 0.6 is 27.3 Å². The van der Waals surface area contributed by atoms with Crippen LogP contribution < -0.4 is 4.72 Å². The highest BCUT2D eigenvalue weighted by Crippen LogP contribution is 2.30. The molecule has 0 aromatic carbocycles. The van der Waals surface area contributed by atoms with E-state index in [1.54, 1.807) is 6.07 Å². The fourth-order valence-corrected chi connectivity index (χ4v) is 4.81. The SMILES string of the molecule is CCC(C)N(C)CCNS(=O)(=O)c1cc(C)c(Br)s1. The van der Waals surface area contributed by atoms with E-state index >= 15 is 0 Å². The third kappa shape index (κ3) is 4.82. The second kappa shape index (κ2) is 7.17.